The van der Waals surface area contributed by atoms with E-state index in [1.165, 1.54) is 0 Å². The summed E-state index contributed by atoms with van der Waals surface area (Å²) >= 11 is 0. The maximum Gasteiger partial charge on any atom is 0.161 e. The third-order valence-corrected chi connectivity index (χ3v) is 2.63. The Labute approximate surface area is 96.0 Å². The zero-order valence-electron chi connectivity index (χ0n) is 9.99. The Morgan fingerprint density at radius 2 is 2.12 bits per heavy atom. The summed E-state index contributed by atoms with van der Waals surface area (Å²) in [6.45, 7) is 7.47. The van der Waals surface area contributed by atoms with Gasteiger partial charge in [-0.15, -0.1) is 0 Å². The molecular formula is C13H18O3. The molecule has 0 bridgehead atoms. The predicted octanol–water partition coefficient (Wildman–Crippen LogP) is 2.47. The molecule has 16 heavy (non-hydrogen) atoms. The highest BCUT2D eigenvalue weighted by Crippen LogP contribution is 2.37. The lowest BCUT2D eigenvalue weighted by atomic mass is 9.86. The highest BCUT2D eigenvalue weighted by molar-refractivity contribution is 5.48. The third kappa shape index (κ3) is 2.47. The summed E-state index contributed by atoms with van der Waals surface area (Å²) in [5.74, 6) is 0.790. The molecule has 88 valence electrons. The third-order valence-electron chi connectivity index (χ3n) is 2.63. The molecule has 1 N–H and O–H groups in total. The van der Waals surface area contributed by atoms with E-state index in [0.29, 0.717) is 12.4 Å². The van der Waals surface area contributed by atoms with E-state index in [4.69, 9.17) is 9.47 Å². The smallest absolute Gasteiger partial charge is 0.161 e. The number of aromatic hydroxyl groups is 1. The van der Waals surface area contributed by atoms with Gasteiger partial charge in [-0.1, -0.05) is 32.9 Å². The van der Waals surface area contributed by atoms with Crippen LogP contribution in [0, 0.1) is 0 Å². The summed E-state index contributed by atoms with van der Waals surface area (Å²) in [4.78, 5) is 0. The molecule has 0 radical (unpaired) electrons. The molecule has 2 rings (SSSR count). The van der Waals surface area contributed by atoms with Crippen molar-refractivity contribution in [3.8, 4) is 11.5 Å². The minimum absolute atomic E-state index is 0.0838. The number of epoxide rings is 1. The van der Waals surface area contributed by atoms with Gasteiger partial charge in [0.2, 0.25) is 0 Å². The van der Waals surface area contributed by atoms with Crippen molar-refractivity contribution < 1.29 is 14.6 Å². The second kappa shape index (κ2) is 3.98. The Morgan fingerprint density at radius 1 is 1.44 bits per heavy atom. The standard InChI is InChI=1S/C13H18O3/c1-13(2,3)10-5-4-6-11(12(10)14)16-8-9-7-15-9/h4-6,9,14H,7-8H2,1-3H3. The van der Waals surface area contributed by atoms with Crippen LogP contribution >= 0.6 is 0 Å². The minimum atomic E-state index is -0.0838. The molecule has 1 heterocycles. The summed E-state index contributed by atoms with van der Waals surface area (Å²) in [5, 5.41) is 10.1. The maximum atomic E-state index is 10.1. The van der Waals surface area contributed by atoms with E-state index in [-0.39, 0.29) is 17.3 Å². The largest absolute Gasteiger partial charge is 0.504 e. The molecule has 1 unspecified atom stereocenters. The van der Waals surface area contributed by atoms with Crippen LogP contribution in [-0.4, -0.2) is 24.4 Å². The maximum absolute atomic E-state index is 10.1. The van der Waals surface area contributed by atoms with Crippen LogP contribution in [0.5, 0.6) is 11.5 Å². The molecule has 3 heteroatoms. The van der Waals surface area contributed by atoms with E-state index in [2.05, 4.69) is 20.8 Å². The van der Waals surface area contributed by atoms with E-state index >= 15 is 0 Å². The van der Waals surface area contributed by atoms with Crippen LogP contribution in [0.15, 0.2) is 18.2 Å². The Morgan fingerprint density at radius 3 is 2.69 bits per heavy atom. The summed E-state index contributed by atoms with van der Waals surface area (Å²) in [6.07, 6.45) is 0.206. The van der Waals surface area contributed by atoms with Crippen molar-refractivity contribution in [1.82, 2.24) is 0 Å². The van der Waals surface area contributed by atoms with Crippen LogP contribution in [0.25, 0.3) is 0 Å². The number of benzene rings is 1. The van der Waals surface area contributed by atoms with Gasteiger partial charge in [0.1, 0.15) is 12.7 Å². The van der Waals surface area contributed by atoms with Crippen molar-refractivity contribution in [1.29, 1.82) is 0 Å². The lowest BCUT2D eigenvalue weighted by Gasteiger charge is -2.21. The molecule has 1 aliphatic rings. The zero-order chi connectivity index (χ0) is 11.8. The second-order valence-electron chi connectivity index (χ2n) is 5.17. The van der Waals surface area contributed by atoms with Gasteiger partial charge < -0.3 is 14.6 Å². The van der Waals surface area contributed by atoms with E-state index in [1.807, 2.05) is 12.1 Å². The number of phenols is 1. The first-order valence-corrected chi connectivity index (χ1v) is 5.55. The van der Waals surface area contributed by atoms with E-state index < -0.39 is 0 Å². The van der Waals surface area contributed by atoms with Crippen LogP contribution in [0.3, 0.4) is 0 Å². The van der Waals surface area contributed by atoms with Crippen LogP contribution in [0.1, 0.15) is 26.3 Å². The van der Waals surface area contributed by atoms with Gasteiger partial charge >= 0.3 is 0 Å². The SMILES string of the molecule is CC(C)(C)c1cccc(OCC2CO2)c1O. The molecule has 0 amide bonds. The fourth-order valence-electron chi connectivity index (χ4n) is 1.59. The Bertz CT molecular complexity index is 375. The van der Waals surface area contributed by atoms with E-state index in [1.54, 1.807) is 6.07 Å². The quantitative estimate of drug-likeness (QED) is 0.799. The van der Waals surface area contributed by atoms with Crippen LogP contribution in [0.4, 0.5) is 0 Å². The van der Waals surface area contributed by atoms with Crippen molar-refractivity contribution in [2.24, 2.45) is 0 Å². The van der Waals surface area contributed by atoms with Gasteiger partial charge in [-0.3, -0.25) is 0 Å². The molecule has 0 aliphatic carbocycles. The number of ether oxygens (including phenoxy) is 2. The predicted molar refractivity (Wildman–Crippen MR) is 62.0 cm³/mol. The Kier molecular flexibility index (Phi) is 2.80. The van der Waals surface area contributed by atoms with Gasteiger partial charge in [-0.2, -0.15) is 0 Å². The highest BCUT2D eigenvalue weighted by atomic mass is 16.6. The Balaban J connectivity index is 2.17. The van der Waals surface area contributed by atoms with Gasteiger partial charge in [-0.25, -0.2) is 0 Å². The normalized spacial score (nSPS) is 19.6. The van der Waals surface area contributed by atoms with E-state index in [0.717, 1.165) is 12.2 Å². The summed E-state index contributed by atoms with van der Waals surface area (Å²) in [7, 11) is 0. The van der Waals surface area contributed by atoms with Crippen molar-refractivity contribution in [2.45, 2.75) is 32.3 Å². The monoisotopic (exact) mass is 222 g/mol. The molecular weight excluding hydrogens is 204 g/mol. The molecule has 1 atom stereocenters. The fourth-order valence-corrected chi connectivity index (χ4v) is 1.59. The van der Waals surface area contributed by atoms with Crippen molar-refractivity contribution in [2.75, 3.05) is 13.2 Å². The molecule has 0 spiro atoms. The van der Waals surface area contributed by atoms with E-state index in [9.17, 15) is 5.11 Å². The molecule has 1 aromatic carbocycles. The second-order valence-corrected chi connectivity index (χ2v) is 5.17. The zero-order valence-corrected chi connectivity index (χ0v) is 9.99. The van der Waals surface area contributed by atoms with Gasteiger partial charge in [0.25, 0.3) is 0 Å². The molecule has 3 nitrogen and oxygen atoms in total. The number of hydrogen-bond acceptors (Lipinski definition) is 3. The first-order valence-electron chi connectivity index (χ1n) is 5.55. The van der Waals surface area contributed by atoms with Crippen molar-refractivity contribution in [3.05, 3.63) is 23.8 Å². The first-order chi connectivity index (χ1) is 7.48. The van der Waals surface area contributed by atoms with Crippen LogP contribution in [0.2, 0.25) is 0 Å². The first kappa shape index (κ1) is 11.3. The molecule has 1 aliphatic heterocycles. The van der Waals surface area contributed by atoms with Gasteiger partial charge in [0.15, 0.2) is 11.5 Å². The minimum Gasteiger partial charge on any atom is -0.504 e. The number of hydrogen-bond donors (Lipinski definition) is 1. The topological polar surface area (TPSA) is 42.0 Å². The molecule has 0 aromatic heterocycles. The van der Waals surface area contributed by atoms with Gasteiger partial charge in [-0.05, 0) is 11.5 Å². The van der Waals surface area contributed by atoms with Crippen LogP contribution < -0.4 is 4.74 Å². The number of phenolic OH excluding ortho intramolecular Hbond substituents is 1. The number of para-hydroxylation sites is 1. The fraction of sp³-hybridized carbons (Fsp3) is 0.538. The van der Waals surface area contributed by atoms with Gasteiger partial charge in [0.05, 0.1) is 6.61 Å². The summed E-state index contributed by atoms with van der Waals surface area (Å²) in [6, 6.07) is 5.62. The summed E-state index contributed by atoms with van der Waals surface area (Å²) < 4.78 is 10.6. The van der Waals surface area contributed by atoms with Crippen molar-refractivity contribution in [3.63, 3.8) is 0 Å². The number of rotatable bonds is 3. The molecule has 1 saturated heterocycles. The molecule has 1 fully saturated rings. The molecule has 1 aromatic rings. The highest BCUT2D eigenvalue weighted by Gasteiger charge is 2.25. The van der Waals surface area contributed by atoms with Crippen molar-refractivity contribution >= 4 is 0 Å². The lowest BCUT2D eigenvalue weighted by Crippen LogP contribution is -2.12. The summed E-state index contributed by atoms with van der Waals surface area (Å²) in [5.41, 5.74) is 0.821. The Hall–Kier alpha value is -1.22. The molecule has 0 saturated carbocycles. The lowest BCUT2D eigenvalue weighted by molar-refractivity contribution is 0.252. The van der Waals surface area contributed by atoms with Gasteiger partial charge in [0, 0.05) is 5.56 Å². The average molecular weight is 222 g/mol. The van der Waals surface area contributed by atoms with Crippen LogP contribution in [-0.2, 0) is 10.2 Å². The average Bonchev–Trinajstić information content (AvgIpc) is 2.98.